The summed E-state index contributed by atoms with van der Waals surface area (Å²) in [5, 5.41) is 6.74. The molecule has 2 N–H and O–H groups in total. The molecule has 2 aromatic carbocycles. The fourth-order valence-corrected chi connectivity index (χ4v) is 2.86. The summed E-state index contributed by atoms with van der Waals surface area (Å²) >= 11 is 6.16. The molecule has 3 rings (SSSR count). The number of amides is 1. The van der Waals surface area contributed by atoms with Crippen LogP contribution in [0.25, 0.3) is 0 Å². The predicted molar refractivity (Wildman–Crippen MR) is 85.6 cm³/mol. The number of fused-ring (bicyclic) bond motifs is 1. The minimum atomic E-state index is -0.225. The van der Waals surface area contributed by atoms with E-state index in [-0.39, 0.29) is 11.9 Å². The van der Waals surface area contributed by atoms with Gasteiger partial charge in [-0.25, -0.2) is 0 Å². The smallest absolute Gasteiger partial charge is 0.241 e. The SMILES string of the molecule is Cc1ccc(NC(=O)[C@H]2Cc3ccccc3CN2)c(Cl)c1. The summed E-state index contributed by atoms with van der Waals surface area (Å²) in [4.78, 5) is 12.4. The lowest BCUT2D eigenvalue weighted by Gasteiger charge is -2.25. The van der Waals surface area contributed by atoms with Crippen molar-refractivity contribution in [1.82, 2.24) is 5.32 Å². The van der Waals surface area contributed by atoms with Gasteiger partial charge in [-0.1, -0.05) is 41.9 Å². The van der Waals surface area contributed by atoms with E-state index in [0.717, 1.165) is 12.1 Å². The first-order valence-corrected chi connectivity index (χ1v) is 7.38. The van der Waals surface area contributed by atoms with Crippen LogP contribution in [0.15, 0.2) is 42.5 Å². The van der Waals surface area contributed by atoms with Gasteiger partial charge in [-0.2, -0.15) is 0 Å². The molecule has 4 heteroatoms. The van der Waals surface area contributed by atoms with Crippen molar-refractivity contribution in [3.63, 3.8) is 0 Å². The number of carbonyl (C=O) groups is 1. The summed E-state index contributed by atoms with van der Waals surface area (Å²) in [5.74, 6) is -0.0461. The lowest BCUT2D eigenvalue weighted by atomic mass is 9.95. The monoisotopic (exact) mass is 300 g/mol. The van der Waals surface area contributed by atoms with Crippen molar-refractivity contribution in [2.45, 2.75) is 25.9 Å². The van der Waals surface area contributed by atoms with Crippen LogP contribution in [-0.2, 0) is 17.8 Å². The molecule has 1 aliphatic rings. The molecule has 108 valence electrons. The quantitative estimate of drug-likeness (QED) is 0.893. The van der Waals surface area contributed by atoms with Gasteiger partial charge in [0.15, 0.2) is 0 Å². The van der Waals surface area contributed by atoms with Crippen molar-refractivity contribution in [2.75, 3.05) is 5.32 Å². The summed E-state index contributed by atoms with van der Waals surface area (Å²) in [6.07, 6.45) is 0.700. The fraction of sp³-hybridized carbons (Fsp3) is 0.235. The van der Waals surface area contributed by atoms with E-state index in [9.17, 15) is 4.79 Å². The zero-order valence-electron chi connectivity index (χ0n) is 11.8. The Bertz CT molecular complexity index is 684. The molecule has 2 aromatic rings. The first-order chi connectivity index (χ1) is 10.1. The second kappa shape index (κ2) is 5.88. The van der Waals surface area contributed by atoms with Crippen molar-refractivity contribution in [3.8, 4) is 0 Å². The molecule has 0 radical (unpaired) electrons. The summed E-state index contributed by atoms with van der Waals surface area (Å²) in [7, 11) is 0. The summed E-state index contributed by atoms with van der Waals surface area (Å²) in [6.45, 7) is 2.69. The van der Waals surface area contributed by atoms with Gasteiger partial charge in [-0.05, 0) is 42.2 Å². The van der Waals surface area contributed by atoms with Crippen molar-refractivity contribution < 1.29 is 4.79 Å². The normalized spacial score (nSPS) is 17.1. The van der Waals surface area contributed by atoms with E-state index in [2.05, 4.69) is 22.8 Å². The van der Waals surface area contributed by atoms with Crippen LogP contribution >= 0.6 is 11.6 Å². The Morgan fingerprint density at radius 1 is 1.24 bits per heavy atom. The number of anilines is 1. The average molecular weight is 301 g/mol. The van der Waals surface area contributed by atoms with Crippen LogP contribution in [-0.4, -0.2) is 11.9 Å². The Kier molecular flexibility index (Phi) is 3.95. The van der Waals surface area contributed by atoms with E-state index in [4.69, 9.17) is 11.6 Å². The van der Waals surface area contributed by atoms with Crippen LogP contribution in [0.1, 0.15) is 16.7 Å². The Labute approximate surface area is 129 Å². The van der Waals surface area contributed by atoms with Gasteiger partial charge in [-0.3, -0.25) is 4.79 Å². The number of hydrogen-bond acceptors (Lipinski definition) is 2. The minimum Gasteiger partial charge on any atom is -0.323 e. The highest BCUT2D eigenvalue weighted by molar-refractivity contribution is 6.33. The zero-order chi connectivity index (χ0) is 14.8. The summed E-state index contributed by atoms with van der Waals surface area (Å²) < 4.78 is 0. The van der Waals surface area contributed by atoms with Gasteiger partial charge < -0.3 is 10.6 Å². The van der Waals surface area contributed by atoms with Gasteiger partial charge in [0.05, 0.1) is 16.8 Å². The highest BCUT2D eigenvalue weighted by Gasteiger charge is 2.24. The highest BCUT2D eigenvalue weighted by Crippen LogP contribution is 2.24. The van der Waals surface area contributed by atoms with Crippen LogP contribution in [0, 0.1) is 6.92 Å². The van der Waals surface area contributed by atoms with Gasteiger partial charge in [0.25, 0.3) is 0 Å². The van der Waals surface area contributed by atoms with Gasteiger partial charge in [0, 0.05) is 6.54 Å². The standard InChI is InChI=1S/C17H17ClN2O/c1-11-6-7-15(14(18)8-11)20-17(21)16-9-12-4-2-3-5-13(12)10-19-16/h2-8,16,19H,9-10H2,1H3,(H,20,21)/t16-/m1/s1. The molecule has 0 aromatic heterocycles. The van der Waals surface area contributed by atoms with E-state index in [1.54, 1.807) is 0 Å². The lowest BCUT2D eigenvalue weighted by Crippen LogP contribution is -2.44. The maximum Gasteiger partial charge on any atom is 0.241 e. The molecular formula is C17H17ClN2O. The zero-order valence-corrected chi connectivity index (χ0v) is 12.6. The molecule has 0 aliphatic carbocycles. The van der Waals surface area contributed by atoms with Gasteiger partial charge in [-0.15, -0.1) is 0 Å². The highest BCUT2D eigenvalue weighted by atomic mass is 35.5. The molecule has 0 bridgehead atoms. The maximum atomic E-state index is 12.4. The average Bonchev–Trinajstić information content (AvgIpc) is 2.49. The molecule has 21 heavy (non-hydrogen) atoms. The molecule has 1 heterocycles. The van der Waals surface area contributed by atoms with Crippen molar-refractivity contribution in [3.05, 3.63) is 64.2 Å². The molecule has 0 fully saturated rings. The van der Waals surface area contributed by atoms with Crippen molar-refractivity contribution in [1.29, 1.82) is 0 Å². The van der Waals surface area contributed by atoms with E-state index in [1.165, 1.54) is 11.1 Å². The number of carbonyl (C=O) groups excluding carboxylic acids is 1. The largest absolute Gasteiger partial charge is 0.323 e. The van der Waals surface area contributed by atoms with Crippen LogP contribution < -0.4 is 10.6 Å². The number of rotatable bonds is 2. The first kappa shape index (κ1) is 14.1. The van der Waals surface area contributed by atoms with Crippen molar-refractivity contribution >= 4 is 23.2 Å². The number of hydrogen-bond donors (Lipinski definition) is 2. The maximum absolute atomic E-state index is 12.4. The third-order valence-corrected chi connectivity index (χ3v) is 4.09. The van der Waals surface area contributed by atoms with E-state index in [1.807, 2.05) is 37.3 Å². The van der Waals surface area contributed by atoms with Gasteiger partial charge >= 0.3 is 0 Å². The molecule has 0 saturated heterocycles. The fourth-order valence-electron chi connectivity index (χ4n) is 2.58. The number of aryl methyl sites for hydroxylation is 1. The molecule has 3 nitrogen and oxygen atoms in total. The Morgan fingerprint density at radius 2 is 2.00 bits per heavy atom. The molecule has 1 aliphatic heterocycles. The molecule has 1 amide bonds. The van der Waals surface area contributed by atoms with Crippen LogP contribution in [0.5, 0.6) is 0 Å². The summed E-state index contributed by atoms with van der Waals surface area (Å²) in [6, 6.07) is 13.6. The van der Waals surface area contributed by atoms with Crippen LogP contribution in [0.3, 0.4) is 0 Å². The van der Waals surface area contributed by atoms with E-state index < -0.39 is 0 Å². The van der Waals surface area contributed by atoms with Crippen LogP contribution in [0.4, 0.5) is 5.69 Å². The second-order valence-corrected chi connectivity index (χ2v) is 5.79. The predicted octanol–water partition coefficient (Wildman–Crippen LogP) is 3.30. The van der Waals surface area contributed by atoms with Crippen molar-refractivity contribution in [2.24, 2.45) is 0 Å². The molecule has 0 saturated carbocycles. The lowest BCUT2D eigenvalue weighted by molar-refractivity contribution is -0.118. The Balaban J connectivity index is 1.72. The molecule has 1 atom stereocenters. The van der Waals surface area contributed by atoms with Gasteiger partial charge in [0.1, 0.15) is 0 Å². The molecule has 0 unspecified atom stereocenters. The molecule has 0 spiro atoms. The first-order valence-electron chi connectivity index (χ1n) is 7.00. The topological polar surface area (TPSA) is 41.1 Å². The Hall–Kier alpha value is -1.84. The number of nitrogens with one attached hydrogen (secondary N) is 2. The number of benzene rings is 2. The second-order valence-electron chi connectivity index (χ2n) is 5.38. The van der Waals surface area contributed by atoms with Crippen LogP contribution in [0.2, 0.25) is 5.02 Å². The minimum absolute atomic E-state index is 0.0461. The number of halogens is 1. The van der Waals surface area contributed by atoms with Gasteiger partial charge in [0.2, 0.25) is 5.91 Å². The third-order valence-electron chi connectivity index (χ3n) is 3.78. The molecular weight excluding hydrogens is 284 g/mol. The summed E-state index contributed by atoms with van der Waals surface area (Å²) in [5.41, 5.74) is 4.22. The van der Waals surface area contributed by atoms with E-state index in [0.29, 0.717) is 17.1 Å². The Morgan fingerprint density at radius 3 is 2.76 bits per heavy atom. The third kappa shape index (κ3) is 3.09. The van der Waals surface area contributed by atoms with E-state index >= 15 is 0 Å².